The molecular weight excluding hydrogens is 310 g/mol. The first kappa shape index (κ1) is 16.0. The molecule has 21 heavy (non-hydrogen) atoms. The summed E-state index contributed by atoms with van der Waals surface area (Å²) >= 11 is 3.07. The lowest BCUT2D eigenvalue weighted by molar-refractivity contribution is 0.0533. The molecule has 116 valence electrons. The predicted octanol–water partition coefficient (Wildman–Crippen LogP) is 1.55. The highest BCUT2D eigenvalue weighted by Crippen LogP contribution is 2.39. The van der Waals surface area contributed by atoms with Crippen LogP contribution in [0.15, 0.2) is 0 Å². The van der Waals surface area contributed by atoms with Crippen LogP contribution in [0.3, 0.4) is 0 Å². The van der Waals surface area contributed by atoms with Gasteiger partial charge in [-0.15, -0.1) is 11.3 Å². The number of hydrogen-bond donors (Lipinski definition) is 2. The van der Waals surface area contributed by atoms with Gasteiger partial charge in [0.2, 0.25) is 0 Å². The lowest BCUT2D eigenvalue weighted by Crippen LogP contribution is -2.27. The molecule has 1 aromatic rings. The number of anilines is 2. The summed E-state index contributed by atoms with van der Waals surface area (Å²) in [7, 11) is 0. The minimum absolute atomic E-state index is 0.137. The molecule has 0 aliphatic carbocycles. The van der Waals surface area contributed by atoms with Crippen molar-refractivity contribution in [2.45, 2.75) is 13.3 Å². The summed E-state index contributed by atoms with van der Waals surface area (Å²) < 4.78 is 4.99. The Balaban J connectivity index is 2.41. The number of amides is 1. The van der Waals surface area contributed by atoms with Crippen molar-refractivity contribution >= 4 is 45.7 Å². The SMILES string of the molecule is CCOC(=O)c1sc(N2CCCSCC2)c(C(N)=O)c1N. The Hall–Kier alpha value is -1.41. The maximum atomic E-state index is 11.9. The van der Waals surface area contributed by atoms with Crippen LogP contribution in [-0.2, 0) is 4.74 Å². The fourth-order valence-electron chi connectivity index (χ4n) is 2.19. The third-order valence-electron chi connectivity index (χ3n) is 3.14. The van der Waals surface area contributed by atoms with Crippen LogP contribution in [0.4, 0.5) is 10.7 Å². The first-order valence-electron chi connectivity index (χ1n) is 6.78. The first-order chi connectivity index (χ1) is 10.1. The fourth-order valence-corrected chi connectivity index (χ4v) is 4.25. The number of carbonyl (C=O) groups is 2. The average Bonchev–Trinajstić information content (AvgIpc) is 2.63. The van der Waals surface area contributed by atoms with Gasteiger partial charge in [0.1, 0.15) is 9.88 Å². The number of rotatable bonds is 4. The highest BCUT2D eigenvalue weighted by Gasteiger charge is 2.28. The van der Waals surface area contributed by atoms with Crippen LogP contribution >= 0.6 is 23.1 Å². The van der Waals surface area contributed by atoms with Crippen molar-refractivity contribution in [2.24, 2.45) is 5.73 Å². The van der Waals surface area contributed by atoms with Crippen molar-refractivity contribution in [3.63, 3.8) is 0 Å². The molecule has 2 heterocycles. The Morgan fingerprint density at radius 3 is 2.76 bits per heavy atom. The molecule has 0 spiro atoms. The van der Waals surface area contributed by atoms with Crippen molar-refractivity contribution in [3.8, 4) is 0 Å². The molecule has 2 rings (SSSR count). The van der Waals surface area contributed by atoms with Gasteiger partial charge in [0, 0.05) is 18.8 Å². The second-order valence-corrected chi connectivity index (χ2v) is 6.79. The largest absolute Gasteiger partial charge is 0.462 e. The highest BCUT2D eigenvalue weighted by atomic mass is 32.2. The Labute approximate surface area is 131 Å². The molecule has 0 atom stereocenters. The van der Waals surface area contributed by atoms with Crippen LogP contribution < -0.4 is 16.4 Å². The zero-order valence-corrected chi connectivity index (χ0v) is 13.5. The van der Waals surface area contributed by atoms with E-state index in [0.29, 0.717) is 5.00 Å². The van der Waals surface area contributed by atoms with E-state index in [1.54, 1.807) is 6.92 Å². The topological polar surface area (TPSA) is 98.6 Å². The monoisotopic (exact) mass is 329 g/mol. The number of primary amides is 1. The predicted molar refractivity (Wildman–Crippen MR) is 87.4 cm³/mol. The maximum Gasteiger partial charge on any atom is 0.350 e. The maximum absolute atomic E-state index is 11.9. The van der Waals surface area contributed by atoms with Gasteiger partial charge in [-0.3, -0.25) is 4.79 Å². The zero-order valence-electron chi connectivity index (χ0n) is 11.9. The van der Waals surface area contributed by atoms with Gasteiger partial charge >= 0.3 is 5.97 Å². The molecule has 0 saturated carbocycles. The van der Waals surface area contributed by atoms with Crippen molar-refractivity contribution < 1.29 is 14.3 Å². The number of thioether (sulfide) groups is 1. The summed E-state index contributed by atoms with van der Waals surface area (Å²) in [5.41, 5.74) is 11.8. The number of nitrogens with zero attached hydrogens (tertiary/aromatic N) is 1. The molecule has 0 aromatic carbocycles. The van der Waals surface area contributed by atoms with E-state index >= 15 is 0 Å². The summed E-state index contributed by atoms with van der Waals surface area (Å²) in [6.45, 7) is 3.63. The average molecular weight is 329 g/mol. The first-order valence-corrected chi connectivity index (χ1v) is 8.75. The summed E-state index contributed by atoms with van der Waals surface area (Å²) in [5, 5.41) is 0.686. The molecule has 0 bridgehead atoms. The van der Waals surface area contributed by atoms with Crippen molar-refractivity contribution in [1.82, 2.24) is 0 Å². The molecule has 0 unspecified atom stereocenters. The molecule has 4 N–H and O–H groups in total. The fraction of sp³-hybridized carbons (Fsp3) is 0.538. The third-order valence-corrected chi connectivity index (χ3v) is 5.44. The van der Waals surface area contributed by atoms with Crippen molar-refractivity contribution in [3.05, 3.63) is 10.4 Å². The Kier molecular flexibility index (Phi) is 5.35. The highest BCUT2D eigenvalue weighted by molar-refractivity contribution is 7.99. The van der Waals surface area contributed by atoms with Crippen LogP contribution in [0.2, 0.25) is 0 Å². The molecule has 0 radical (unpaired) electrons. The zero-order chi connectivity index (χ0) is 15.4. The van der Waals surface area contributed by atoms with E-state index in [9.17, 15) is 9.59 Å². The number of nitrogen functional groups attached to an aromatic ring is 1. The Morgan fingerprint density at radius 2 is 2.10 bits per heavy atom. The van der Waals surface area contributed by atoms with Gasteiger partial charge in [-0.25, -0.2) is 4.79 Å². The number of carbonyl (C=O) groups excluding carboxylic acids is 2. The minimum Gasteiger partial charge on any atom is -0.462 e. The van der Waals surface area contributed by atoms with E-state index in [4.69, 9.17) is 16.2 Å². The van der Waals surface area contributed by atoms with Crippen LogP contribution in [0.25, 0.3) is 0 Å². The third kappa shape index (κ3) is 3.44. The molecule has 1 aliphatic rings. The summed E-state index contributed by atoms with van der Waals surface area (Å²) in [6.07, 6.45) is 1.02. The quantitative estimate of drug-likeness (QED) is 0.813. The number of thiophene rings is 1. The van der Waals surface area contributed by atoms with Crippen LogP contribution in [0.1, 0.15) is 33.4 Å². The molecule has 1 saturated heterocycles. The van der Waals surface area contributed by atoms with Gasteiger partial charge in [-0.2, -0.15) is 11.8 Å². The second kappa shape index (κ2) is 7.04. The molecule has 1 amide bonds. The second-order valence-electron chi connectivity index (χ2n) is 4.56. The number of nitrogens with two attached hydrogens (primary N) is 2. The summed E-state index contributed by atoms with van der Waals surface area (Å²) in [6, 6.07) is 0. The van der Waals surface area contributed by atoms with E-state index in [1.807, 2.05) is 11.8 Å². The summed E-state index contributed by atoms with van der Waals surface area (Å²) in [4.78, 5) is 26.0. The van der Waals surface area contributed by atoms with E-state index in [0.717, 1.165) is 31.0 Å². The smallest absolute Gasteiger partial charge is 0.350 e. The van der Waals surface area contributed by atoms with Gasteiger partial charge in [0.15, 0.2) is 0 Å². The summed E-state index contributed by atoms with van der Waals surface area (Å²) in [5.74, 6) is 0.961. The van der Waals surface area contributed by atoms with Crippen molar-refractivity contribution in [2.75, 3.05) is 41.8 Å². The Bertz CT molecular complexity index is 537. The molecule has 6 nitrogen and oxygen atoms in total. The lowest BCUT2D eigenvalue weighted by Gasteiger charge is -2.21. The minimum atomic E-state index is -0.605. The Morgan fingerprint density at radius 1 is 1.33 bits per heavy atom. The molecule has 1 aromatic heterocycles. The molecule has 1 aliphatic heterocycles. The normalized spacial score (nSPS) is 15.6. The lowest BCUT2D eigenvalue weighted by atomic mass is 10.2. The van der Waals surface area contributed by atoms with Crippen LogP contribution in [0, 0.1) is 0 Å². The van der Waals surface area contributed by atoms with Gasteiger partial charge in [0.05, 0.1) is 17.9 Å². The van der Waals surface area contributed by atoms with Crippen molar-refractivity contribution in [1.29, 1.82) is 0 Å². The van der Waals surface area contributed by atoms with Gasteiger partial charge in [-0.05, 0) is 19.1 Å². The number of esters is 1. The van der Waals surface area contributed by atoms with E-state index in [-0.39, 0.29) is 22.7 Å². The number of ether oxygens (including phenoxy) is 1. The van der Waals surface area contributed by atoms with E-state index in [2.05, 4.69) is 4.90 Å². The van der Waals surface area contributed by atoms with Gasteiger partial charge < -0.3 is 21.1 Å². The van der Waals surface area contributed by atoms with Crippen LogP contribution in [0.5, 0.6) is 0 Å². The van der Waals surface area contributed by atoms with Crippen LogP contribution in [-0.4, -0.2) is 43.1 Å². The molecular formula is C13H19N3O3S2. The molecule has 1 fully saturated rings. The van der Waals surface area contributed by atoms with E-state index < -0.39 is 11.9 Å². The molecule has 8 heteroatoms. The van der Waals surface area contributed by atoms with Gasteiger partial charge in [-0.1, -0.05) is 0 Å². The van der Waals surface area contributed by atoms with E-state index in [1.165, 1.54) is 11.3 Å². The number of hydrogen-bond acceptors (Lipinski definition) is 7. The van der Waals surface area contributed by atoms with Gasteiger partial charge in [0.25, 0.3) is 5.91 Å². The standard InChI is InChI=1S/C13H19N3O3S2/c1-2-19-13(18)10-9(14)8(11(15)17)12(21-10)16-4-3-6-20-7-5-16/h2-7,14H2,1H3,(H2,15,17).